The van der Waals surface area contributed by atoms with Crippen molar-refractivity contribution < 1.29 is 19.1 Å². The Kier molecular flexibility index (Phi) is 17.2. The van der Waals surface area contributed by atoms with Gasteiger partial charge in [0.15, 0.2) is 0 Å². The number of ether oxygens (including phenoxy) is 2. The minimum absolute atomic E-state index is 0. The van der Waals surface area contributed by atoms with Gasteiger partial charge in [0.2, 0.25) is 0 Å². The Morgan fingerprint density at radius 1 is 0.377 bits per heavy atom. The van der Waals surface area contributed by atoms with Crippen molar-refractivity contribution in [1.29, 1.82) is 0 Å². The summed E-state index contributed by atoms with van der Waals surface area (Å²) in [6.07, 6.45) is 20.3. The molecular formula is C62H63BrO4P2. The number of hydrogen-bond acceptors (Lipinski definition) is 4. The summed E-state index contributed by atoms with van der Waals surface area (Å²) in [7, 11) is -4.99. The number of allylic oxidation sites excluding steroid dienone is 10. The molecule has 69 heavy (non-hydrogen) atoms. The predicted molar refractivity (Wildman–Crippen MR) is 300 cm³/mol. The maximum atomic E-state index is 12.2. The van der Waals surface area contributed by atoms with Gasteiger partial charge in [-0.2, -0.15) is 0 Å². The molecule has 0 saturated heterocycles. The fraction of sp³-hybridized carbons (Fsp3) is 0.194. The second kappa shape index (κ2) is 24.0. The molecular weight excluding hydrogens is 951 g/mol. The van der Waals surface area contributed by atoms with Gasteiger partial charge in [0.05, 0.1) is 0 Å². The van der Waals surface area contributed by atoms with E-state index in [0.717, 1.165) is 61.2 Å². The first-order valence-electron chi connectivity index (χ1n) is 24.4. The van der Waals surface area contributed by atoms with Crippen molar-refractivity contribution in [3.63, 3.8) is 0 Å². The van der Waals surface area contributed by atoms with Gasteiger partial charge in [-0.15, -0.1) is 17.0 Å². The van der Waals surface area contributed by atoms with Gasteiger partial charge in [0, 0.05) is 0 Å². The first-order valence-corrected chi connectivity index (χ1v) is 28.4. The molecule has 4 nitrogen and oxygen atoms in total. The summed E-state index contributed by atoms with van der Waals surface area (Å²) in [4.78, 5) is 24.4. The third-order valence-electron chi connectivity index (χ3n) is 14.0. The van der Waals surface area contributed by atoms with E-state index in [4.69, 9.17) is 9.47 Å². The van der Waals surface area contributed by atoms with Gasteiger partial charge in [0.1, 0.15) is 0 Å². The monoisotopic (exact) mass is 1010 g/mol. The van der Waals surface area contributed by atoms with Crippen LogP contribution in [-0.2, 0) is 19.1 Å². The van der Waals surface area contributed by atoms with E-state index in [1.165, 1.54) is 42.5 Å². The summed E-state index contributed by atoms with van der Waals surface area (Å²) in [6.45, 7) is 1.10. The molecule has 4 aliphatic carbocycles. The zero-order chi connectivity index (χ0) is 46.4. The van der Waals surface area contributed by atoms with Gasteiger partial charge in [-0.05, 0) is 0 Å². The van der Waals surface area contributed by atoms with E-state index in [2.05, 4.69) is 182 Å². The third-order valence-corrected chi connectivity index (χ3v) is 24.0. The van der Waals surface area contributed by atoms with Crippen molar-refractivity contribution in [3.8, 4) is 0 Å². The average Bonchev–Trinajstić information content (AvgIpc) is 4.08. The number of carbonyl (C=O) groups is 2. The maximum absolute atomic E-state index is 12.2. The molecule has 0 saturated carbocycles. The van der Waals surface area contributed by atoms with Crippen LogP contribution in [-0.4, -0.2) is 24.8 Å². The molecule has 0 aromatic heterocycles. The van der Waals surface area contributed by atoms with Gasteiger partial charge in [0.25, 0.3) is 0 Å². The molecule has 0 bridgehead atoms. The molecule has 0 aliphatic heterocycles. The summed E-state index contributed by atoms with van der Waals surface area (Å²) in [5.41, 5.74) is 1.75. The average molecular weight is 1010 g/mol. The second-order valence-corrected chi connectivity index (χ2v) is 25.6. The van der Waals surface area contributed by atoms with Crippen LogP contribution in [0, 0.1) is 0 Å². The van der Waals surface area contributed by atoms with Crippen LogP contribution in [0.25, 0.3) is 0 Å². The van der Waals surface area contributed by atoms with Crippen LogP contribution in [0.4, 0.5) is 0 Å². The fourth-order valence-electron chi connectivity index (χ4n) is 10.9. The Morgan fingerprint density at radius 3 is 0.913 bits per heavy atom. The van der Waals surface area contributed by atoms with E-state index in [1.807, 2.05) is 36.5 Å². The van der Waals surface area contributed by atoms with E-state index < -0.39 is 14.5 Å². The van der Waals surface area contributed by atoms with Crippen LogP contribution < -0.4 is 31.8 Å². The Labute approximate surface area is 420 Å². The van der Waals surface area contributed by atoms with Crippen LogP contribution in [0.5, 0.6) is 0 Å². The SMILES string of the molecule is Br.O=C1CC=CC=C1CCOC1=C([PH](c2ccccc2)(c2ccccc2)c2ccccc2)CCC1.O=C1CC=CC=C1CCOC1=C([PH](c2ccccc2)(c2ccccc2)c2ccccc2)CCC1. The molecule has 0 atom stereocenters. The van der Waals surface area contributed by atoms with Crippen molar-refractivity contribution in [3.05, 3.63) is 252 Å². The van der Waals surface area contributed by atoms with E-state index >= 15 is 0 Å². The van der Waals surface area contributed by atoms with Crippen LogP contribution in [0.15, 0.2) is 252 Å². The van der Waals surface area contributed by atoms with Crippen LogP contribution >= 0.6 is 31.5 Å². The molecule has 6 aromatic carbocycles. The number of rotatable bonds is 16. The van der Waals surface area contributed by atoms with Gasteiger partial charge in [-0.25, -0.2) is 0 Å². The normalized spacial score (nSPS) is 16.2. The van der Waals surface area contributed by atoms with Crippen molar-refractivity contribution >= 4 is 74.9 Å². The summed E-state index contributed by atoms with van der Waals surface area (Å²) in [5.74, 6) is 2.71. The fourth-order valence-corrected chi connectivity index (χ4v) is 21.5. The zero-order valence-corrected chi connectivity index (χ0v) is 43.0. The summed E-state index contributed by atoms with van der Waals surface area (Å²) < 4.78 is 13.1. The third kappa shape index (κ3) is 10.8. The van der Waals surface area contributed by atoms with Crippen molar-refractivity contribution in [1.82, 2.24) is 0 Å². The zero-order valence-electron chi connectivity index (χ0n) is 39.3. The number of ketones is 2. The summed E-state index contributed by atoms with van der Waals surface area (Å²) in [5, 5.41) is 11.3. The quantitative estimate of drug-likeness (QED) is 0.0907. The van der Waals surface area contributed by atoms with Crippen molar-refractivity contribution in [2.24, 2.45) is 0 Å². The van der Waals surface area contributed by atoms with E-state index in [1.54, 1.807) is 0 Å². The summed E-state index contributed by atoms with van der Waals surface area (Å²) >= 11 is 0. The summed E-state index contributed by atoms with van der Waals surface area (Å²) in [6, 6.07) is 66.1. The first kappa shape index (κ1) is 49.5. The molecule has 7 heteroatoms. The predicted octanol–water partition coefficient (Wildman–Crippen LogP) is 12.5. The molecule has 10 rings (SSSR count). The Morgan fingerprint density at radius 2 is 0.652 bits per heavy atom. The van der Waals surface area contributed by atoms with Crippen LogP contribution in [0.2, 0.25) is 0 Å². The van der Waals surface area contributed by atoms with E-state index in [-0.39, 0.29) is 28.5 Å². The minimum atomic E-state index is -2.49. The Balaban J connectivity index is 0.000000183. The molecule has 6 aromatic rings. The molecule has 0 radical (unpaired) electrons. The molecule has 352 valence electrons. The number of benzene rings is 6. The second-order valence-electron chi connectivity index (χ2n) is 17.9. The van der Waals surface area contributed by atoms with E-state index in [0.29, 0.717) is 38.9 Å². The first-order chi connectivity index (χ1) is 33.6. The molecule has 0 unspecified atom stereocenters. The van der Waals surface area contributed by atoms with Crippen LogP contribution in [0.3, 0.4) is 0 Å². The molecule has 4 aliphatic rings. The van der Waals surface area contributed by atoms with Crippen LogP contribution in [0.1, 0.15) is 64.2 Å². The standard InChI is InChI=1S/2C31H31O2P.BrH/c2*32-29-20-11-10-13-25(29)23-24-33-30-21-12-22-31(30)34(26-14-4-1-5-15-26,27-16-6-2-7-17-27)28-18-8-3-9-19-28;/h2*1-11,13-19,34H,12,20-24H2;1H. The van der Waals surface area contributed by atoms with Crippen molar-refractivity contribution in [2.75, 3.05) is 13.2 Å². The van der Waals surface area contributed by atoms with Crippen molar-refractivity contribution in [2.45, 2.75) is 64.2 Å². The molecule has 0 N–H and O–H groups in total. The van der Waals surface area contributed by atoms with Gasteiger partial charge < -0.3 is 0 Å². The van der Waals surface area contributed by atoms with E-state index in [9.17, 15) is 9.59 Å². The number of hydrogen-bond donors (Lipinski definition) is 0. The van der Waals surface area contributed by atoms with Gasteiger partial charge in [-0.3, -0.25) is 0 Å². The van der Waals surface area contributed by atoms with Gasteiger partial charge in [-0.1, -0.05) is 0 Å². The molecule has 0 amide bonds. The number of carbonyl (C=O) groups excluding carboxylic acids is 2. The topological polar surface area (TPSA) is 52.6 Å². The molecule has 0 heterocycles. The number of halogens is 1. The number of Topliss-reactive ketones (excluding diaryl/α,β-unsaturated/α-hetero) is 2. The Hall–Kier alpha value is -5.96. The Bertz CT molecular complexity index is 2460. The molecule has 0 spiro atoms. The molecule has 0 fully saturated rings. The van der Waals surface area contributed by atoms with Gasteiger partial charge >= 0.3 is 406 Å².